The molecular formula is C25H30N4O7S3. The summed E-state index contributed by atoms with van der Waals surface area (Å²) in [7, 11) is -7.74. The van der Waals surface area contributed by atoms with Crippen LogP contribution in [0.3, 0.4) is 0 Å². The van der Waals surface area contributed by atoms with Crippen LogP contribution in [0, 0.1) is 0 Å². The van der Waals surface area contributed by atoms with Gasteiger partial charge in [-0.3, -0.25) is 9.59 Å². The second kappa shape index (κ2) is 12.1. The molecule has 1 atom stereocenters. The van der Waals surface area contributed by atoms with Gasteiger partial charge in [0.15, 0.2) is 15.1 Å². The molecule has 0 radical (unpaired) electrons. The molecule has 1 unspecified atom stereocenters. The first-order chi connectivity index (χ1) is 18.5. The maximum Gasteiger partial charge on any atom is 0.254 e. The predicted molar refractivity (Wildman–Crippen MR) is 150 cm³/mol. The molecule has 210 valence electrons. The molecule has 0 bridgehead atoms. The number of morpholine rings is 1. The van der Waals surface area contributed by atoms with Gasteiger partial charge in [0.25, 0.3) is 5.91 Å². The zero-order chi connectivity index (χ0) is 28.2. The van der Waals surface area contributed by atoms with Gasteiger partial charge >= 0.3 is 0 Å². The van der Waals surface area contributed by atoms with E-state index in [-0.39, 0.29) is 23.2 Å². The van der Waals surface area contributed by atoms with Crippen molar-refractivity contribution in [2.45, 2.75) is 18.6 Å². The Morgan fingerprint density at radius 2 is 1.72 bits per heavy atom. The number of ether oxygens (including phenoxy) is 1. The number of hydrogen-bond acceptors (Lipinski definition) is 9. The number of primary sulfonamides is 1. The fraction of sp³-hybridized carbons (Fsp3) is 0.400. The van der Waals surface area contributed by atoms with Gasteiger partial charge in [-0.1, -0.05) is 25.1 Å². The molecule has 2 amide bonds. The maximum atomic E-state index is 13.0. The highest BCUT2D eigenvalue weighted by molar-refractivity contribution is 7.92. The molecule has 0 aliphatic carbocycles. The molecule has 4 rings (SSSR count). The van der Waals surface area contributed by atoms with Crippen molar-refractivity contribution in [1.82, 2.24) is 15.2 Å². The number of nitrogens with zero attached hydrogens (tertiary/aromatic N) is 2. The smallest absolute Gasteiger partial charge is 0.254 e. The highest BCUT2D eigenvalue weighted by Crippen LogP contribution is 2.34. The van der Waals surface area contributed by atoms with Gasteiger partial charge in [-0.15, -0.1) is 11.3 Å². The van der Waals surface area contributed by atoms with E-state index < -0.39 is 36.8 Å². The van der Waals surface area contributed by atoms with Gasteiger partial charge in [-0.05, 0) is 41.8 Å². The second-order valence-electron chi connectivity index (χ2n) is 9.12. The molecule has 14 heteroatoms. The number of carbonyl (C=O) groups is 2. The highest BCUT2D eigenvalue weighted by atomic mass is 32.2. The van der Waals surface area contributed by atoms with Crippen LogP contribution >= 0.6 is 11.3 Å². The summed E-state index contributed by atoms with van der Waals surface area (Å²) in [6.45, 7) is 3.55. The van der Waals surface area contributed by atoms with Crippen LogP contribution in [0.4, 0.5) is 0 Å². The molecule has 1 aliphatic rings. The van der Waals surface area contributed by atoms with Gasteiger partial charge in [0, 0.05) is 25.2 Å². The molecule has 1 fully saturated rings. The van der Waals surface area contributed by atoms with Crippen molar-refractivity contribution in [3.63, 3.8) is 0 Å². The lowest BCUT2D eigenvalue weighted by atomic mass is 10.0. The third-order valence-electron chi connectivity index (χ3n) is 6.16. The van der Waals surface area contributed by atoms with Crippen LogP contribution in [-0.4, -0.2) is 82.9 Å². The Morgan fingerprint density at radius 3 is 2.36 bits per heavy atom. The Kier molecular flexibility index (Phi) is 9.01. The van der Waals surface area contributed by atoms with Crippen LogP contribution in [0.1, 0.15) is 34.0 Å². The summed E-state index contributed by atoms with van der Waals surface area (Å²) < 4.78 is 54.5. The largest absolute Gasteiger partial charge is 0.378 e. The van der Waals surface area contributed by atoms with Crippen molar-refractivity contribution >= 4 is 53.2 Å². The molecule has 11 nitrogen and oxygen atoms in total. The first-order valence-electron chi connectivity index (χ1n) is 12.4. The summed E-state index contributed by atoms with van der Waals surface area (Å²) >= 11 is 1.09. The van der Waals surface area contributed by atoms with E-state index in [0.29, 0.717) is 48.5 Å². The Balaban J connectivity index is 1.59. The topological polar surface area (TPSA) is 166 Å². The molecule has 1 aliphatic heterocycles. The molecule has 39 heavy (non-hydrogen) atoms. The molecule has 2 heterocycles. The van der Waals surface area contributed by atoms with Crippen LogP contribution in [0.2, 0.25) is 0 Å². The van der Waals surface area contributed by atoms with Crippen LogP contribution in [0.25, 0.3) is 21.3 Å². The van der Waals surface area contributed by atoms with E-state index in [0.717, 1.165) is 22.5 Å². The number of sulfonamides is 1. The number of hydrogen-bond donors (Lipinski definition) is 2. The zero-order valence-corrected chi connectivity index (χ0v) is 23.8. The average Bonchev–Trinajstić information content (AvgIpc) is 3.30. The predicted octanol–water partition coefficient (Wildman–Crippen LogP) is 1.71. The van der Waals surface area contributed by atoms with Crippen molar-refractivity contribution in [3.8, 4) is 11.1 Å². The summed E-state index contributed by atoms with van der Waals surface area (Å²) in [5.74, 6) is -1.63. The fourth-order valence-corrected chi connectivity index (χ4v) is 7.76. The number of nitrogens with one attached hydrogen (secondary N) is 1. The number of fused-ring (bicyclic) bond motifs is 1. The number of sulfone groups is 1. The Labute approximate surface area is 231 Å². The first kappa shape index (κ1) is 29.1. The fourth-order valence-electron chi connectivity index (χ4n) is 4.23. The van der Waals surface area contributed by atoms with Crippen LogP contribution < -0.4 is 10.5 Å². The number of rotatable bonds is 10. The van der Waals surface area contributed by atoms with Gasteiger partial charge in [-0.25, -0.2) is 27.0 Å². The molecular weight excluding hydrogens is 564 g/mol. The minimum absolute atomic E-state index is 0.0472. The number of thiazole rings is 1. The van der Waals surface area contributed by atoms with Crippen LogP contribution in [-0.2, 0) is 29.4 Å². The van der Waals surface area contributed by atoms with Crippen molar-refractivity contribution in [2.24, 2.45) is 5.14 Å². The summed E-state index contributed by atoms with van der Waals surface area (Å²) in [5.41, 5.74) is 2.82. The lowest BCUT2D eigenvalue weighted by Gasteiger charge is -2.26. The van der Waals surface area contributed by atoms with E-state index >= 15 is 0 Å². The Morgan fingerprint density at radius 1 is 1.05 bits per heavy atom. The third kappa shape index (κ3) is 7.19. The molecule has 1 saturated heterocycles. The van der Waals surface area contributed by atoms with Crippen molar-refractivity contribution in [3.05, 3.63) is 53.0 Å². The number of aromatic nitrogens is 1. The monoisotopic (exact) mass is 594 g/mol. The summed E-state index contributed by atoms with van der Waals surface area (Å²) in [5, 5.41) is 5.90. The van der Waals surface area contributed by atoms with E-state index in [9.17, 15) is 26.4 Å². The Bertz CT molecular complexity index is 1560. The molecule has 0 spiro atoms. The number of nitrogens with two attached hydrogens (primary N) is 1. The molecule has 1 aromatic heterocycles. The number of amides is 2. The van der Waals surface area contributed by atoms with E-state index in [2.05, 4.69) is 10.3 Å². The van der Waals surface area contributed by atoms with Crippen LogP contribution in [0.15, 0.2) is 42.5 Å². The first-order valence-corrected chi connectivity index (χ1v) is 16.6. The third-order valence-corrected chi connectivity index (χ3v) is 10.3. The average molecular weight is 595 g/mol. The summed E-state index contributed by atoms with van der Waals surface area (Å²) in [4.78, 5) is 31.9. The van der Waals surface area contributed by atoms with E-state index in [1.54, 1.807) is 30.0 Å². The normalized spacial score (nSPS) is 15.3. The van der Waals surface area contributed by atoms with E-state index in [4.69, 9.17) is 9.88 Å². The van der Waals surface area contributed by atoms with Gasteiger partial charge < -0.3 is 15.0 Å². The van der Waals surface area contributed by atoms with Gasteiger partial charge in [0.05, 0.1) is 34.9 Å². The molecule has 3 N–H and O–H groups in total. The van der Waals surface area contributed by atoms with Crippen LogP contribution in [0.5, 0.6) is 0 Å². The quantitative estimate of drug-likeness (QED) is 0.358. The minimum Gasteiger partial charge on any atom is -0.378 e. The highest BCUT2D eigenvalue weighted by Gasteiger charge is 2.36. The molecule has 0 saturated carbocycles. The van der Waals surface area contributed by atoms with Gasteiger partial charge in [0.2, 0.25) is 15.9 Å². The summed E-state index contributed by atoms with van der Waals surface area (Å²) in [6.07, 6.45) is 0.308. The van der Waals surface area contributed by atoms with Crippen molar-refractivity contribution in [1.29, 1.82) is 0 Å². The zero-order valence-electron chi connectivity index (χ0n) is 21.3. The number of carbonyl (C=O) groups excluding carboxylic acids is 2. The lowest BCUT2D eigenvalue weighted by Crippen LogP contribution is -2.40. The van der Waals surface area contributed by atoms with E-state index in [1.807, 2.05) is 24.3 Å². The van der Waals surface area contributed by atoms with E-state index in [1.165, 1.54) is 0 Å². The number of benzene rings is 2. The maximum absolute atomic E-state index is 13.0. The minimum atomic E-state index is -3.91. The Hall–Kier alpha value is -2.91. The standard InChI is InChI=1S/C25H30N4O7S3/c1-2-14-38(32,33)22(23(30)27-9-15-39(26,34)35)24-28-20-8-7-19(16-21(20)37-24)17-3-5-18(6-4-17)25(31)29-10-12-36-13-11-29/h3-8,16,22H,2,9-15H2,1H3,(H,27,30)(H2,26,34,35). The summed E-state index contributed by atoms with van der Waals surface area (Å²) in [6, 6.07) is 12.7. The molecule has 2 aromatic carbocycles. The second-order valence-corrected chi connectivity index (χ2v) is 14.1. The van der Waals surface area contributed by atoms with Crippen molar-refractivity contribution in [2.75, 3.05) is 44.4 Å². The lowest BCUT2D eigenvalue weighted by molar-refractivity contribution is -0.120. The van der Waals surface area contributed by atoms with Gasteiger partial charge in [-0.2, -0.15) is 0 Å². The van der Waals surface area contributed by atoms with Crippen molar-refractivity contribution < 1.29 is 31.2 Å². The SMILES string of the molecule is CCCS(=O)(=O)C(C(=O)NCCS(N)(=O)=O)c1nc2ccc(-c3ccc(C(=O)N4CCOCC4)cc3)cc2s1. The van der Waals surface area contributed by atoms with Gasteiger partial charge in [0.1, 0.15) is 5.01 Å². The molecule has 3 aromatic rings.